The Morgan fingerprint density at radius 1 is 1.18 bits per heavy atom. The minimum absolute atomic E-state index is 0.765. The van der Waals surface area contributed by atoms with Crippen molar-refractivity contribution in [1.82, 2.24) is 10.2 Å². The van der Waals surface area contributed by atoms with Crippen molar-refractivity contribution in [3.63, 3.8) is 0 Å². The molecule has 1 heterocycles. The lowest BCUT2D eigenvalue weighted by Gasteiger charge is -2.19. The third-order valence-electron chi connectivity index (χ3n) is 4.28. The Morgan fingerprint density at radius 2 is 2.05 bits per heavy atom. The number of fused-ring (bicyclic) bond motifs is 1. The van der Waals surface area contributed by atoms with Gasteiger partial charge in [0.1, 0.15) is 12.4 Å². The van der Waals surface area contributed by atoms with Crippen LogP contribution in [0.5, 0.6) is 5.75 Å². The summed E-state index contributed by atoms with van der Waals surface area (Å²) in [4.78, 5) is 2.49. The Kier molecular flexibility index (Phi) is 7.54. The average molecular weight is 305 g/mol. The molecule has 0 saturated heterocycles. The molecule has 1 aliphatic heterocycles. The van der Waals surface area contributed by atoms with E-state index in [-0.39, 0.29) is 0 Å². The van der Waals surface area contributed by atoms with Crippen LogP contribution in [0.2, 0.25) is 0 Å². The Bertz CT molecular complexity index is 432. The summed E-state index contributed by atoms with van der Waals surface area (Å²) in [6.45, 7) is 11.9. The summed E-state index contributed by atoms with van der Waals surface area (Å²) in [5.41, 5.74) is 2.51. The number of rotatable bonds is 10. The van der Waals surface area contributed by atoms with Gasteiger partial charge in [0.05, 0.1) is 5.69 Å². The van der Waals surface area contributed by atoms with E-state index in [9.17, 15) is 0 Å². The minimum Gasteiger partial charge on any atom is -0.490 e. The number of nitrogens with zero attached hydrogens (tertiary/aromatic N) is 1. The van der Waals surface area contributed by atoms with Crippen LogP contribution in [0.4, 0.5) is 5.69 Å². The van der Waals surface area contributed by atoms with Crippen LogP contribution in [-0.2, 0) is 6.42 Å². The van der Waals surface area contributed by atoms with Gasteiger partial charge in [-0.1, -0.05) is 19.9 Å². The molecule has 0 amide bonds. The Labute approximate surface area is 135 Å². The first kappa shape index (κ1) is 17.1. The molecule has 0 aromatic heterocycles. The van der Waals surface area contributed by atoms with Crippen molar-refractivity contribution in [2.45, 2.75) is 33.1 Å². The quantitative estimate of drug-likeness (QED) is 0.652. The highest BCUT2D eigenvalue weighted by atomic mass is 16.5. The topological polar surface area (TPSA) is 36.5 Å². The molecule has 1 aromatic carbocycles. The highest BCUT2D eigenvalue weighted by molar-refractivity contribution is 5.59. The predicted octanol–water partition coefficient (Wildman–Crippen LogP) is 2.75. The van der Waals surface area contributed by atoms with Crippen LogP contribution in [0.25, 0.3) is 0 Å². The van der Waals surface area contributed by atoms with Crippen LogP contribution in [0.15, 0.2) is 18.2 Å². The molecule has 2 rings (SSSR count). The molecular weight excluding hydrogens is 274 g/mol. The molecule has 0 unspecified atom stereocenters. The molecule has 124 valence electrons. The van der Waals surface area contributed by atoms with Crippen molar-refractivity contribution in [3.05, 3.63) is 23.8 Å². The second kappa shape index (κ2) is 9.70. The molecule has 22 heavy (non-hydrogen) atoms. The smallest absolute Gasteiger partial charge is 0.142 e. The molecule has 0 fully saturated rings. The van der Waals surface area contributed by atoms with E-state index in [1.807, 2.05) is 0 Å². The van der Waals surface area contributed by atoms with E-state index in [1.54, 1.807) is 0 Å². The fourth-order valence-electron chi connectivity index (χ4n) is 2.83. The van der Waals surface area contributed by atoms with Crippen molar-refractivity contribution < 1.29 is 4.74 Å². The van der Waals surface area contributed by atoms with Crippen molar-refractivity contribution in [1.29, 1.82) is 0 Å². The normalized spacial score (nSPS) is 13.6. The van der Waals surface area contributed by atoms with Crippen molar-refractivity contribution in [3.8, 4) is 5.75 Å². The molecule has 1 aliphatic rings. The monoisotopic (exact) mass is 305 g/mol. The zero-order valence-corrected chi connectivity index (χ0v) is 14.2. The van der Waals surface area contributed by atoms with Crippen molar-refractivity contribution in [2.75, 3.05) is 51.2 Å². The average Bonchev–Trinajstić information content (AvgIpc) is 2.57. The number of unbranched alkanes of at least 4 members (excludes halogenated alkanes) is 1. The third-order valence-corrected chi connectivity index (χ3v) is 4.28. The van der Waals surface area contributed by atoms with Crippen LogP contribution < -0.4 is 15.4 Å². The maximum absolute atomic E-state index is 5.60. The van der Waals surface area contributed by atoms with Gasteiger partial charge in [0.2, 0.25) is 0 Å². The van der Waals surface area contributed by atoms with E-state index in [2.05, 4.69) is 47.6 Å². The summed E-state index contributed by atoms with van der Waals surface area (Å²) in [7, 11) is 0. The Balaban J connectivity index is 1.57. The van der Waals surface area contributed by atoms with Gasteiger partial charge in [0.15, 0.2) is 0 Å². The van der Waals surface area contributed by atoms with Gasteiger partial charge in [-0.25, -0.2) is 0 Å². The summed E-state index contributed by atoms with van der Waals surface area (Å²) in [6.07, 6.45) is 3.62. The van der Waals surface area contributed by atoms with Gasteiger partial charge in [-0.15, -0.1) is 0 Å². The molecule has 4 heteroatoms. The molecule has 0 radical (unpaired) electrons. The van der Waals surface area contributed by atoms with E-state index in [4.69, 9.17) is 4.74 Å². The van der Waals surface area contributed by atoms with Crippen LogP contribution in [0.3, 0.4) is 0 Å². The van der Waals surface area contributed by atoms with Crippen molar-refractivity contribution >= 4 is 5.69 Å². The van der Waals surface area contributed by atoms with E-state index < -0.39 is 0 Å². The number of anilines is 1. The van der Waals surface area contributed by atoms with Gasteiger partial charge < -0.3 is 20.3 Å². The molecule has 0 bridgehead atoms. The molecule has 4 nitrogen and oxygen atoms in total. The number of benzene rings is 1. The zero-order valence-electron chi connectivity index (χ0n) is 14.2. The highest BCUT2D eigenvalue weighted by Crippen LogP contribution is 2.27. The van der Waals surface area contributed by atoms with Crippen molar-refractivity contribution in [2.24, 2.45) is 0 Å². The standard InChI is InChI=1S/C18H31N3O/c1-3-21(4-2)13-6-5-10-19-11-9-16-7-8-18-17(15-16)20-12-14-22-18/h7-8,15,19-20H,3-6,9-14H2,1-2H3. The summed E-state index contributed by atoms with van der Waals surface area (Å²) in [5.74, 6) is 0.986. The zero-order chi connectivity index (χ0) is 15.6. The van der Waals surface area contributed by atoms with Gasteiger partial charge in [-0.2, -0.15) is 0 Å². The van der Waals surface area contributed by atoms with Crippen LogP contribution >= 0.6 is 0 Å². The van der Waals surface area contributed by atoms with E-state index in [0.717, 1.165) is 44.1 Å². The largest absolute Gasteiger partial charge is 0.490 e. The van der Waals surface area contributed by atoms with Crippen LogP contribution in [-0.4, -0.2) is 50.8 Å². The van der Waals surface area contributed by atoms with Gasteiger partial charge in [0, 0.05) is 6.54 Å². The number of hydrogen-bond acceptors (Lipinski definition) is 4. The Morgan fingerprint density at radius 3 is 2.86 bits per heavy atom. The molecule has 0 atom stereocenters. The lowest BCUT2D eigenvalue weighted by atomic mass is 10.1. The van der Waals surface area contributed by atoms with Gasteiger partial charge in [-0.05, 0) is 69.7 Å². The van der Waals surface area contributed by atoms with Crippen LogP contribution in [0, 0.1) is 0 Å². The lowest BCUT2D eigenvalue weighted by Crippen LogP contribution is -2.25. The maximum atomic E-state index is 5.60. The minimum atomic E-state index is 0.765. The fraction of sp³-hybridized carbons (Fsp3) is 0.667. The number of nitrogens with one attached hydrogen (secondary N) is 2. The molecule has 1 aromatic rings. The van der Waals surface area contributed by atoms with Gasteiger partial charge in [-0.3, -0.25) is 0 Å². The second-order valence-corrected chi connectivity index (χ2v) is 5.84. The fourth-order valence-corrected chi connectivity index (χ4v) is 2.83. The maximum Gasteiger partial charge on any atom is 0.142 e. The molecular formula is C18H31N3O. The first-order valence-corrected chi connectivity index (χ1v) is 8.76. The van der Waals surface area contributed by atoms with E-state index in [0.29, 0.717) is 0 Å². The molecule has 0 aliphatic carbocycles. The lowest BCUT2D eigenvalue weighted by molar-refractivity contribution is 0.296. The molecule has 2 N–H and O–H groups in total. The highest BCUT2D eigenvalue weighted by Gasteiger charge is 2.09. The third kappa shape index (κ3) is 5.50. The van der Waals surface area contributed by atoms with Crippen LogP contribution in [0.1, 0.15) is 32.3 Å². The summed E-state index contributed by atoms with van der Waals surface area (Å²) in [5, 5.41) is 6.95. The first-order valence-electron chi connectivity index (χ1n) is 8.76. The van der Waals surface area contributed by atoms with Gasteiger partial charge in [0.25, 0.3) is 0 Å². The number of hydrogen-bond donors (Lipinski definition) is 2. The van der Waals surface area contributed by atoms with Gasteiger partial charge >= 0.3 is 0 Å². The number of ether oxygens (including phenoxy) is 1. The summed E-state index contributed by atoms with van der Waals surface area (Å²) >= 11 is 0. The first-order chi connectivity index (χ1) is 10.8. The molecule has 0 saturated carbocycles. The Hall–Kier alpha value is -1.26. The summed E-state index contributed by atoms with van der Waals surface area (Å²) in [6, 6.07) is 6.48. The summed E-state index contributed by atoms with van der Waals surface area (Å²) < 4.78 is 5.60. The SMILES string of the molecule is CCN(CC)CCCCNCCc1ccc2c(c1)NCCO2. The second-order valence-electron chi connectivity index (χ2n) is 5.84. The van der Waals surface area contributed by atoms with E-state index >= 15 is 0 Å². The predicted molar refractivity (Wildman–Crippen MR) is 94.0 cm³/mol. The van der Waals surface area contributed by atoms with E-state index in [1.165, 1.54) is 38.0 Å². The molecule has 0 spiro atoms.